The van der Waals surface area contributed by atoms with Gasteiger partial charge in [0.2, 0.25) is 0 Å². The van der Waals surface area contributed by atoms with Gasteiger partial charge in [-0.2, -0.15) is 0 Å². The molecule has 0 bridgehead atoms. The maximum absolute atomic E-state index is 12.7. The summed E-state index contributed by atoms with van der Waals surface area (Å²) in [5.74, 6) is -0.701. The Morgan fingerprint density at radius 1 is 1.17 bits per heavy atom. The van der Waals surface area contributed by atoms with Crippen LogP contribution in [-0.2, 0) is 10.4 Å². The summed E-state index contributed by atoms with van der Waals surface area (Å²) < 4.78 is 0.868. The van der Waals surface area contributed by atoms with E-state index in [4.69, 9.17) is 0 Å². The Hall–Kier alpha value is -1.98. The number of likely N-dealkylation sites (N-methyl/N-ethyl adjacent to an activating group) is 1. The Morgan fingerprint density at radius 2 is 1.83 bits per heavy atom. The third-order valence-corrected chi connectivity index (χ3v) is 4.67. The Morgan fingerprint density at radius 3 is 2.48 bits per heavy atom. The smallest absolute Gasteiger partial charge is 0.264 e. The lowest BCUT2D eigenvalue weighted by atomic mass is 9.88. The Balaban J connectivity index is 1.96. The van der Waals surface area contributed by atoms with Crippen LogP contribution in [0, 0.1) is 0 Å². The molecule has 0 spiro atoms. The summed E-state index contributed by atoms with van der Waals surface area (Å²) in [4.78, 5) is 26.7. The van der Waals surface area contributed by atoms with Crippen molar-refractivity contribution >= 4 is 33.3 Å². The van der Waals surface area contributed by atoms with Crippen molar-refractivity contribution in [3.05, 3.63) is 64.1 Å². The zero-order valence-corrected chi connectivity index (χ0v) is 14.2. The first-order valence-electron chi connectivity index (χ1n) is 7.40. The number of amides is 1. The molecule has 0 saturated carbocycles. The van der Waals surface area contributed by atoms with E-state index in [9.17, 15) is 14.7 Å². The van der Waals surface area contributed by atoms with Gasteiger partial charge in [0.1, 0.15) is 0 Å². The van der Waals surface area contributed by atoms with Crippen molar-refractivity contribution in [3.8, 4) is 0 Å². The molecule has 5 heteroatoms. The number of hydrogen-bond acceptors (Lipinski definition) is 3. The van der Waals surface area contributed by atoms with Crippen LogP contribution in [0.25, 0.3) is 0 Å². The predicted molar refractivity (Wildman–Crippen MR) is 91.5 cm³/mol. The van der Waals surface area contributed by atoms with E-state index in [0.29, 0.717) is 23.4 Å². The molecular formula is C18H16BrNO3. The topological polar surface area (TPSA) is 57.6 Å². The summed E-state index contributed by atoms with van der Waals surface area (Å²) >= 11 is 3.32. The first-order valence-corrected chi connectivity index (χ1v) is 8.19. The fourth-order valence-electron chi connectivity index (χ4n) is 2.96. The maximum Gasteiger partial charge on any atom is 0.264 e. The van der Waals surface area contributed by atoms with Gasteiger partial charge in [-0.1, -0.05) is 46.3 Å². The second-order valence-corrected chi connectivity index (χ2v) is 6.45. The van der Waals surface area contributed by atoms with Gasteiger partial charge in [-0.05, 0) is 25.1 Å². The Labute approximate surface area is 142 Å². The van der Waals surface area contributed by atoms with Crippen molar-refractivity contribution in [2.45, 2.75) is 18.9 Å². The van der Waals surface area contributed by atoms with E-state index in [1.54, 1.807) is 42.5 Å². The van der Waals surface area contributed by atoms with E-state index in [2.05, 4.69) is 15.9 Å². The van der Waals surface area contributed by atoms with Gasteiger partial charge < -0.3 is 10.0 Å². The van der Waals surface area contributed by atoms with Crippen LogP contribution in [0.15, 0.2) is 53.0 Å². The van der Waals surface area contributed by atoms with E-state index in [0.717, 1.165) is 4.47 Å². The van der Waals surface area contributed by atoms with E-state index in [-0.39, 0.29) is 12.2 Å². The van der Waals surface area contributed by atoms with Crippen molar-refractivity contribution in [2.24, 2.45) is 0 Å². The molecule has 1 heterocycles. The van der Waals surface area contributed by atoms with Crippen molar-refractivity contribution in [2.75, 3.05) is 11.4 Å². The molecule has 1 N–H and O–H groups in total. The zero-order valence-electron chi connectivity index (χ0n) is 12.6. The quantitative estimate of drug-likeness (QED) is 0.836. The molecule has 1 unspecified atom stereocenters. The monoisotopic (exact) mass is 373 g/mol. The van der Waals surface area contributed by atoms with Gasteiger partial charge in [0.25, 0.3) is 5.91 Å². The highest BCUT2D eigenvalue weighted by molar-refractivity contribution is 9.10. The van der Waals surface area contributed by atoms with Crippen molar-refractivity contribution in [1.82, 2.24) is 0 Å². The minimum absolute atomic E-state index is 0.263. The second kappa shape index (κ2) is 5.91. The second-order valence-electron chi connectivity index (χ2n) is 5.53. The number of ketones is 1. The molecule has 23 heavy (non-hydrogen) atoms. The molecule has 0 saturated heterocycles. The van der Waals surface area contributed by atoms with Gasteiger partial charge in [-0.25, -0.2) is 0 Å². The van der Waals surface area contributed by atoms with Crippen LogP contribution in [0.1, 0.15) is 29.3 Å². The van der Waals surface area contributed by atoms with Crippen LogP contribution in [0.5, 0.6) is 0 Å². The van der Waals surface area contributed by atoms with Crippen LogP contribution in [-0.4, -0.2) is 23.3 Å². The lowest BCUT2D eigenvalue weighted by Crippen LogP contribution is -2.41. The van der Waals surface area contributed by atoms with E-state index < -0.39 is 11.5 Å². The van der Waals surface area contributed by atoms with Crippen LogP contribution in [0.3, 0.4) is 0 Å². The minimum atomic E-state index is -1.79. The largest absolute Gasteiger partial charge is 0.375 e. The molecule has 3 rings (SSSR count). The predicted octanol–water partition coefficient (Wildman–Crippen LogP) is 3.28. The number of para-hydroxylation sites is 1. The minimum Gasteiger partial charge on any atom is -0.375 e. The van der Waals surface area contributed by atoms with Crippen LogP contribution >= 0.6 is 15.9 Å². The summed E-state index contributed by atoms with van der Waals surface area (Å²) in [6.45, 7) is 2.29. The molecule has 0 radical (unpaired) electrons. The zero-order chi connectivity index (χ0) is 16.6. The number of hydrogen-bond donors (Lipinski definition) is 1. The van der Waals surface area contributed by atoms with Gasteiger partial charge in [-0.3, -0.25) is 9.59 Å². The first kappa shape index (κ1) is 15.9. The average molecular weight is 374 g/mol. The number of carbonyl (C=O) groups is 2. The van der Waals surface area contributed by atoms with Crippen molar-refractivity contribution in [1.29, 1.82) is 0 Å². The van der Waals surface area contributed by atoms with Crippen LogP contribution < -0.4 is 4.90 Å². The number of Topliss-reactive ketones (excluding diaryl/α,β-unsaturated/α-hetero) is 1. The summed E-state index contributed by atoms with van der Waals surface area (Å²) in [5, 5.41) is 11.0. The number of fused-ring (bicyclic) bond motifs is 1. The van der Waals surface area contributed by atoms with E-state index in [1.807, 2.05) is 13.0 Å². The summed E-state index contributed by atoms with van der Waals surface area (Å²) in [6.07, 6.45) is -0.263. The van der Waals surface area contributed by atoms with Crippen LogP contribution in [0.4, 0.5) is 5.69 Å². The fraction of sp³-hybridized carbons (Fsp3) is 0.222. The lowest BCUT2D eigenvalue weighted by molar-refractivity contribution is -0.135. The normalized spacial score (nSPS) is 19.8. The molecule has 1 amide bonds. The van der Waals surface area contributed by atoms with E-state index >= 15 is 0 Å². The fourth-order valence-corrected chi connectivity index (χ4v) is 3.23. The molecule has 118 valence electrons. The highest BCUT2D eigenvalue weighted by atomic mass is 79.9. The number of anilines is 1. The van der Waals surface area contributed by atoms with Gasteiger partial charge in [0.15, 0.2) is 11.4 Å². The number of benzene rings is 2. The molecule has 1 atom stereocenters. The molecule has 2 aromatic rings. The first-order chi connectivity index (χ1) is 11.0. The van der Waals surface area contributed by atoms with E-state index in [1.165, 1.54) is 4.90 Å². The highest BCUT2D eigenvalue weighted by Gasteiger charge is 2.50. The molecule has 0 aromatic heterocycles. The number of halogens is 1. The van der Waals surface area contributed by atoms with Gasteiger partial charge in [0, 0.05) is 22.1 Å². The Bertz CT molecular complexity index is 772. The summed E-state index contributed by atoms with van der Waals surface area (Å²) in [6, 6.07) is 14.0. The molecule has 2 aromatic carbocycles. The molecule has 1 aliphatic heterocycles. The van der Waals surface area contributed by atoms with Gasteiger partial charge in [0.05, 0.1) is 12.1 Å². The van der Waals surface area contributed by atoms with Crippen molar-refractivity contribution in [3.63, 3.8) is 0 Å². The number of rotatable bonds is 4. The maximum atomic E-state index is 12.7. The third-order valence-electron chi connectivity index (χ3n) is 4.14. The summed E-state index contributed by atoms with van der Waals surface area (Å²) in [7, 11) is 0. The number of aliphatic hydroxyl groups is 1. The summed E-state index contributed by atoms with van der Waals surface area (Å²) in [5.41, 5.74) is -0.151. The van der Waals surface area contributed by atoms with Gasteiger partial charge in [-0.15, -0.1) is 0 Å². The van der Waals surface area contributed by atoms with Crippen molar-refractivity contribution < 1.29 is 14.7 Å². The molecule has 4 nitrogen and oxygen atoms in total. The van der Waals surface area contributed by atoms with Crippen LogP contribution in [0.2, 0.25) is 0 Å². The molecular weight excluding hydrogens is 358 g/mol. The SMILES string of the molecule is CCN1C(=O)C(O)(CC(=O)c2ccc(Br)cc2)c2ccccc21. The number of carbonyl (C=O) groups excluding carboxylic acids is 2. The average Bonchev–Trinajstić information content (AvgIpc) is 2.76. The highest BCUT2D eigenvalue weighted by Crippen LogP contribution is 2.42. The van der Waals surface area contributed by atoms with Gasteiger partial charge >= 0.3 is 0 Å². The third kappa shape index (κ3) is 2.60. The Kier molecular flexibility index (Phi) is 4.08. The number of nitrogens with zero attached hydrogens (tertiary/aromatic N) is 1. The molecule has 1 aliphatic rings. The molecule has 0 aliphatic carbocycles. The standard InChI is InChI=1S/C18H16BrNO3/c1-2-20-15-6-4-3-5-14(15)18(23,17(20)22)11-16(21)12-7-9-13(19)10-8-12/h3-10,23H,2,11H2,1H3. The lowest BCUT2D eigenvalue weighted by Gasteiger charge is -2.22. The molecule has 0 fully saturated rings.